The molecule has 0 unspecified atom stereocenters. The van der Waals surface area contributed by atoms with E-state index < -0.39 is 0 Å². The average Bonchev–Trinajstić information content (AvgIpc) is 2.77. The van der Waals surface area contributed by atoms with Crippen LogP contribution in [0, 0.1) is 12.8 Å². The molecule has 0 aromatic heterocycles. The Morgan fingerprint density at radius 1 is 0.931 bits per heavy atom. The van der Waals surface area contributed by atoms with E-state index in [1.54, 1.807) is 24.3 Å². The summed E-state index contributed by atoms with van der Waals surface area (Å²) in [6.07, 6.45) is 7.28. The Morgan fingerprint density at radius 3 is 2.41 bits per heavy atom. The van der Waals surface area contributed by atoms with Gasteiger partial charge in [-0.2, -0.15) is 0 Å². The first kappa shape index (κ1) is 19.7. The van der Waals surface area contributed by atoms with Crippen LogP contribution in [0.2, 0.25) is 0 Å². The smallest absolute Gasteiger partial charge is 0.254 e. The van der Waals surface area contributed by atoms with Crippen molar-refractivity contribution in [3.8, 4) is 0 Å². The number of amides is 2. The van der Waals surface area contributed by atoms with E-state index in [4.69, 9.17) is 0 Å². The molecule has 1 heterocycles. The van der Waals surface area contributed by atoms with Crippen molar-refractivity contribution in [2.24, 2.45) is 5.92 Å². The third kappa shape index (κ3) is 4.36. The number of fused-ring (bicyclic) bond motifs is 1. The standard InChI is InChI=1S/C25H30N2O2/c1-18-7-2-3-9-22(18)17-26-24(28)20-12-14-21(15-13-20)25(29)27-16-6-10-19-8-4-5-11-23(19)27/h2-3,7,9,12-15,19,23H,4-6,8,10-11,16-17H2,1H3,(H,26,28)/t19-,23-/m0/s1. The second kappa shape index (κ2) is 8.81. The minimum Gasteiger partial charge on any atom is -0.348 e. The predicted octanol–water partition coefficient (Wildman–Crippen LogP) is 4.72. The van der Waals surface area contributed by atoms with Crippen LogP contribution in [0.15, 0.2) is 48.5 Å². The van der Waals surface area contributed by atoms with Crippen LogP contribution in [0.1, 0.15) is 70.4 Å². The number of nitrogens with one attached hydrogen (secondary N) is 1. The number of carbonyl (C=O) groups is 2. The Kier molecular flexibility index (Phi) is 5.98. The van der Waals surface area contributed by atoms with Gasteiger partial charge in [0.1, 0.15) is 0 Å². The number of hydrogen-bond acceptors (Lipinski definition) is 2. The zero-order valence-electron chi connectivity index (χ0n) is 17.2. The SMILES string of the molecule is Cc1ccccc1CNC(=O)c1ccc(C(=O)N2CCC[C@@H]3CCCC[C@@H]32)cc1. The third-order valence-corrected chi connectivity index (χ3v) is 6.60. The molecule has 0 spiro atoms. The van der Waals surface area contributed by atoms with Gasteiger partial charge in [-0.25, -0.2) is 0 Å². The van der Waals surface area contributed by atoms with Crippen molar-refractivity contribution < 1.29 is 9.59 Å². The first-order valence-electron chi connectivity index (χ1n) is 10.9. The summed E-state index contributed by atoms with van der Waals surface area (Å²) in [5.74, 6) is 0.680. The van der Waals surface area contributed by atoms with E-state index >= 15 is 0 Å². The zero-order chi connectivity index (χ0) is 20.2. The molecule has 1 N–H and O–H groups in total. The predicted molar refractivity (Wildman–Crippen MR) is 115 cm³/mol. The van der Waals surface area contributed by atoms with Crippen LogP contribution in [0.4, 0.5) is 0 Å². The van der Waals surface area contributed by atoms with Gasteiger partial charge < -0.3 is 10.2 Å². The molecule has 4 nitrogen and oxygen atoms in total. The normalized spacial score (nSPS) is 21.3. The fourth-order valence-electron chi connectivity index (χ4n) is 4.89. The largest absolute Gasteiger partial charge is 0.348 e. The van der Waals surface area contributed by atoms with E-state index in [2.05, 4.69) is 10.2 Å². The number of rotatable bonds is 4. The van der Waals surface area contributed by atoms with Crippen LogP contribution in [0.3, 0.4) is 0 Å². The maximum Gasteiger partial charge on any atom is 0.254 e. The van der Waals surface area contributed by atoms with Gasteiger partial charge in [-0.1, -0.05) is 37.1 Å². The Hall–Kier alpha value is -2.62. The lowest BCUT2D eigenvalue weighted by molar-refractivity contribution is 0.0390. The summed E-state index contributed by atoms with van der Waals surface area (Å²) in [6, 6.07) is 15.6. The summed E-state index contributed by atoms with van der Waals surface area (Å²) < 4.78 is 0. The minimum atomic E-state index is -0.113. The Morgan fingerprint density at radius 2 is 1.62 bits per heavy atom. The van der Waals surface area contributed by atoms with E-state index in [0.29, 0.717) is 29.6 Å². The van der Waals surface area contributed by atoms with Crippen LogP contribution in [-0.4, -0.2) is 29.3 Å². The number of carbonyl (C=O) groups excluding carboxylic acids is 2. The van der Waals surface area contributed by atoms with E-state index in [9.17, 15) is 9.59 Å². The molecule has 2 amide bonds. The maximum atomic E-state index is 13.1. The van der Waals surface area contributed by atoms with E-state index in [0.717, 1.165) is 30.5 Å². The lowest BCUT2D eigenvalue weighted by Gasteiger charge is -2.44. The molecule has 2 aliphatic rings. The van der Waals surface area contributed by atoms with Crippen LogP contribution in [0.5, 0.6) is 0 Å². The molecule has 1 aliphatic heterocycles. The van der Waals surface area contributed by atoms with Gasteiger partial charge in [0.2, 0.25) is 0 Å². The van der Waals surface area contributed by atoms with Crippen molar-refractivity contribution in [3.05, 3.63) is 70.8 Å². The van der Waals surface area contributed by atoms with Crippen molar-refractivity contribution >= 4 is 11.8 Å². The Balaban J connectivity index is 1.40. The fourth-order valence-corrected chi connectivity index (χ4v) is 4.89. The first-order valence-corrected chi connectivity index (χ1v) is 10.9. The molecule has 2 atom stereocenters. The molecule has 1 saturated carbocycles. The molecular formula is C25H30N2O2. The highest BCUT2D eigenvalue weighted by Crippen LogP contribution is 2.35. The zero-order valence-corrected chi connectivity index (χ0v) is 17.2. The van der Waals surface area contributed by atoms with Crippen molar-refractivity contribution in [2.45, 2.75) is 58.0 Å². The van der Waals surface area contributed by atoms with Gasteiger partial charge in [-0.05, 0) is 73.9 Å². The fraction of sp³-hybridized carbons (Fsp3) is 0.440. The number of benzene rings is 2. The van der Waals surface area contributed by atoms with Gasteiger partial charge >= 0.3 is 0 Å². The van der Waals surface area contributed by atoms with Crippen molar-refractivity contribution in [3.63, 3.8) is 0 Å². The lowest BCUT2D eigenvalue weighted by atomic mass is 9.78. The molecule has 2 aromatic carbocycles. The molecular weight excluding hydrogens is 360 g/mol. The average molecular weight is 391 g/mol. The summed E-state index contributed by atoms with van der Waals surface area (Å²) in [5, 5.41) is 2.97. The van der Waals surface area contributed by atoms with E-state index in [1.165, 1.54) is 25.7 Å². The van der Waals surface area contributed by atoms with Crippen molar-refractivity contribution in [1.82, 2.24) is 10.2 Å². The van der Waals surface area contributed by atoms with Gasteiger partial charge in [0.05, 0.1) is 0 Å². The summed E-state index contributed by atoms with van der Waals surface area (Å²) in [4.78, 5) is 27.7. The lowest BCUT2D eigenvalue weighted by Crippen LogP contribution is -2.49. The second-order valence-corrected chi connectivity index (χ2v) is 8.44. The molecule has 4 heteroatoms. The Bertz CT molecular complexity index is 873. The van der Waals surface area contributed by atoms with Crippen LogP contribution in [0.25, 0.3) is 0 Å². The van der Waals surface area contributed by atoms with Gasteiger partial charge in [0.25, 0.3) is 11.8 Å². The molecule has 1 aliphatic carbocycles. The van der Waals surface area contributed by atoms with E-state index in [1.807, 2.05) is 31.2 Å². The van der Waals surface area contributed by atoms with Gasteiger partial charge in [0.15, 0.2) is 0 Å². The first-order chi connectivity index (χ1) is 14.1. The van der Waals surface area contributed by atoms with Gasteiger partial charge in [-0.15, -0.1) is 0 Å². The molecule has 4 rings (SSSR count). The van der Waals surface area contributed by atoms with Gasteiger partial charge in [0, 0.05) is 30.3 Å². The number of piperidine rings is 1. The number of aryl methyl sites for hydroxylation is 1. The van der Waals surface area contributed by atoms with E-state index in [-0.39, 0.29) is 11.8 Å². The number of likely N-dealkylation sites (tertiary alicyclic amines) is 1. The summed E-state index contributed by atoms with van der Waals surface area (Å²) >= 11 is 0. The maximum absolute atomic E-state index is 13.1. The molecule has 152 valence electrons. The molecule has 2 fully saturated rings. The van der Waals surface area contributed by atoms with Crippen LogP contribution >= 0.6 is 0 Å². The highest BCUT2D eigenvalue weighted by atomic mass is 16.2. The molecule has 0 bridgehead atoms. The summed E-state index contributed by atoms with van der Waals surface area (Å²) in [7, 11) is 0. The monoisotopic (exact) mass is 390 g/mol. The molecule has 29 heavy (non-hydrogen) atoms. The number of nitrogens with zero attached hydrogens (tertiary/aromatic N) is 1. The molecule has 1 saturated heterocycles. The molecule has 0 radical (unpaired) electrons. The van der Waals surface area contributed by atoms with Crippen molar-refractivity contribution in [2.75, 3.05) is 6.54 Å². The highest BCUT2D eigenvalue weighted by Gasteiger charge is 2.35. The van der Waals surface area contributed by atoms with Crippen LogP contribution < -0.4 is 5.32 Å². The van der Waals surface area contributed by atoms with Crippen molar-refractivity contribution in [1.29, 1.82) is 0 Å². The summed E-state index contributed by atoms with van der Waals surface area (Å²) in [6.45, 7) is 3.40. The Labute approximate surface area is 173 Å². The highest BCUT2D eigenvalue weighted by molar-refractivity contribution is 5.98. The molecule has 2 aromatic rings. The van der Waals surface area contributed by atoms with Crippen LogP contribution in [-0.2, 0) is 6.54 Å². The topological polar surface area (TPSA) is 49.4 Å². The number of hydrogen-bond donors (Lipinski definition) is 1. The second-order valence-electron chi connectivity index (χ2n) is 8.44. The van der Waals surface area contributed by atoms with Gasteiger partial charge in [-0.3, -0.25) is 9.59 Å². The third-order valence-electron chi connectivity index (χ3n) is 6.60. The quantitative estimate of drug-likeness (QED) is 0.821. The minimum absolute atomic E-state index is 0.113. The summed E-state index contributed by atoms with van der Waals surface area (Å²) in [5.41, 5.74) is 3.55.